The first-order chi connectivity index (χ1) is 7.31. The van der Waals surface area contributed by atoms with Crippen molar-refractivity contribution in [3.05, 3.63) is 47.0 Å². The zero-order chi connectivity index (χ0) is 10.7. The quantitative estimate of drug-likeness (QED) is 0.924. The second kappa shape index (κ2) is 4.59. The van der Waals surface area contributed by atoms with Gasteiger partial charge in [0, 0.05) is 22.6 Å². The van der Waals surface area contributed by atoms with Crippen LogP contribution in [0.15, 0.2) is 41.4 Å². The molecule has 0 radical (unpaired) electrons. The van der Waals surface area contributed by atoms with Gasteiger partial charge in [-0.25, -0.2) is 4.98 Å². The Labute approximate surface area is 97.1 Å². The third-order valence-corrected chi connectivity index (χ3v) is 2.73. The molecule has 4 heteroatoms. The number of halogens is 1. The molecular weight excluding hydrogens is 254 g/mol. The topological polar surface area (TPSA) is 43.8 Å². The van der Waals surface area contributed by atoms with Crippen LogP contribution in [0.3, 0.4) is 0 Å². The second-order valence-electron chi connectivity index (χ2n) is 3.28. The Kier molecular flexibility index (Phi) is 3.18. The molecule has 15 heavy (non-hydrogen) atoms. The van der Waals surface area contributed by atoms with Crippen molar-refractivity contribution >= 4 is 15.9 Å². The van der Waals surface area contributed by atoms with Crippen LogP contribution in [0.5, 0.6) is 0 Å². The number of nitrogens with two attached hydrogens (primary N) is 1. The van der Waals surface area contributed by atoms with Gasteiger partial charge in [0.05, 0.1) is 6.33 Å². The number of nitrogens with zero attached hydrogens (tertiary/aromatic N) is 2. The maximum atomic E-state index is 5.59. The molecule has 0 spiro atoms. The highest BCUT2D eigenvalue weighted by Gasteiger charge is 2.04. The zero-order valence-electron chi connectivity index (χ0n) is 8.23. The van der Waals surface area contributed by atoms with E-state index in [4.69, 9.17) is 5.73 Å². The van der Waals surface area contributed by atoms with E-state index in [1.165, 1.54) is 5.56 Å². The van der Waals surface area contributed by atoms with E-state index in [-0.39, 0.29) is 0 Å². The smallest absolute Gasteiger partial charge is 0.0991 e. The average Bonchev–Trinajstić information content (AvgIpc) is 2.71. The molecule has 0 saturated carbocycles. The molecule has 1 heterocycles. The monoisotopic (exact) mass is 265 g/mol. The molecule has 2 aromatic rings. The van der Waals surface area contributed by atoms with Crippen molar-refractivity contribution in [1.82, 2.24) is 9.55 Å². The van der Waals surface area contributed by atoms with E-state index in [0.717, 1.165) is 16.6 Å². The maximum Gasteiger partial charge on any atom is 0.0991 e. The first-order valence-corrected chi connectivity index (χ1v) is 5.57. The van der Waals surface area contributed by atoms with E-state index in [1.54, 1.807) is 12.5 Å². The molecule has 1 aromatic carbocycles. The number of hydrogen-bond donors (Lipinski definition) is 1. The van der Waals surface area contributed by atoms with Crippen LogP contribution in [0, 0.1) is 0 Å². The van der Waals surface area contributed by atoms with Crippen molar-refractivity contribution in [1.29, 1.82) is 0 Å². The standard InChI is InChI=1S/C11H12BrN3/c12-10-1-2-11(9(7-10)3-4-13)15-6-5-14-8-15/h1-2,5-8H,3-4,13H2. The predicted octanol–water partition coefficient (Wildman–Crippen LogP) is 2.14. The minimum Gasteiger partial charge on any atom is -0.330 e. The molecular formula is C11H12BrN3. The normalized spacial score (nSPS) is 10.5. The Morgan fingerprint density at radius 1 is 1.40 bits per heavy atom. The van der Waals surface area contributed by atoms with Crippen molar-refractivity contribution < 1.29 is 0 Å². The van der Waals surface area contributed by atoms with Gasteiger partial charge in [-0.15, -0.1) is 0 Å². The van der Waals surface area contributed by atoms with E-state index >= 15 is 0 Å². The first kappa shape index (κ1) is 10.4. The maximum absolute atomic E-state index is 5.59. The summed E-state index contributed by atoms with van der Waals surface area (Å²) in [5.41, 5.74) is 7.96. The highest BCUT2D eigenvalue weighted by atomic mass is 79.9. The van der Waals surface area contributed by atoms with Crippen LogP contribution in [0.25, 0.3) is 5.69 Å². The van der Waals surface area contributed by atoms with Gasteiger partial charge >= 0.3 is 0 Å². The van der Waals surface area contributed by atoms with Gasteiger partial charge in [0.1, 0.15) is 0 Å². The Bertz CT molecular complexity index is 437. The third-order valence-electron chi connectivity index (χ3n) is 2.24. The SMILES string of the molecule is NCCc1cc(Br)ccc1-n1ccnc1. The molecule has 3 nitrogen and oxygen atoms in total. The highest BCUT2D eigenvalue weighted by molar-refractivity contribution is 9.10. The Morgan fingerprint density at radius 2 is 2.27 bits per heavy atom. The third kappa shape index (κ3) is 2.27. The molecule has 2 N–H and O–H groups in total. The van der Waals surface area contributed by atoms with Crippen LogP contribution in [-0.4, -0.2) is 16.1 Å². The Hall–Kier alpha value is -1.13. The fourth-order valence-corrected chi connectivity index (χ4v) is 1.97. The molecule has 78 valence electrons. The van der Waals surface area contributed by atoms with E-state index < -0.39 is 0 Å². The summed E-state index contributed by atoms with van der Waals surface area (Å²) in [5.74, 6) is 0. The van der Waals surface area contributed by atoms with E-state index in [0.29, 0.717) is 6.54 Å². The molecule has 0 bridgehead atoms. The van der Waals surface area contributed by atoms with Crippen LogP contribution in [-0.2, 0) is 6.42 Å². The van der Waals surface area contributed by atoms with Gasteiger partial charge in [-0.05, 0) is 36.7 Å². The molecule has 0 fully saturated rings. The summed E-state index contributed by atoms with van der Waals surface area (Å²) in [6.45, 7) is 0.651. The van der Waals surface area contributed by atoms with Crippen LogP contribution in [0.1, 0.15) is 5.56 Å². The van der Waals surface area contributed by atoms with E-state index in [9.17, 15) is 0 Å². The lowest BCUT2D eigenvalue weighted by Gasteiger charge is -2.09. The number of rotatable bonds is 3. The van der Waals surface area contributed by atoms with Gasteiger partial charge in [-0.1, -0.05) is 15.9 Å². The molecule has 0 saturated heterocycles. The molecule has 0 aliphatic rings. The molecule has 0 atom stereocenters. The zero-order valence-corrected chi connectivity index (χ0v) is 9.81. The van der Waals surface area contributed by atoms with Gasteiger partial charge in [0.2, 0.25) is 0 Å². The first-order valence-electron chi connectivity index (χ1n) is 4.78. The van der Waals surface area contributed by atoms with Crippen molar-refractivity contribution in [3.63, 3.8) is 0 Å². The van der Waals surface area contributed by atoms with Gasteiger partial charge in [0.25, 0.3) is 0 Å². The van der Waals surface area contributed by atoms with Crippen molar-refractivity contribution in [2.75, 3.05) is 6.54 Å². The van der Waals surface area contributed by atoms with Gasteiger partial charge in [0.15, 0.2) is 0 Å². The lowest BCUT2D eigenvalue weighted by Crippen LogP contribution is -2.06. The van der Waals surface area contributed by atoms with Gasteiger partial charge < -0.3 is 10.3 Å². The Morgan fingerprint density at radius 3 is 2.93 bits per heavy atom. The minimum absolute atomic E-state index is 0.651. The lowest BCUT2D eigenvalue weighted by molar-refractivity contribution is 0.933. The number of imidazole rings is 1. The predicted molar refractivity (Wildman–Crippen MR) is 64.0 cm³/mol. The summed E-state index contributed by atoms with van der Waals surface area (Å²) >= 11 is 3.46. The van der Waals surface area contributed by atoms with Crippen molar-refractivity contribution in [2.45, 2.75) is 6.42 Å². The average molecular weight is 266 g/mol. The van der Waals surface area contributed by atoms with Gasteiger partial charge in [-0.3, -0.25) is 0 Å². The minimum atomic E-state index is 0.651. The molecule has 0 aliphatic heterocycles. The van der Waals surface area contributed by atoms with E-state index in [2.05, 4.69) is 33.0 Å². The fourth-order valence-electron chi connectivity index (χ4n) is 1.56. The summed E-state index contributed by atoms with van der Waals surface area (Å²) in [5, 5.41) is 0. The molecule has 0 amide bonds. The summed E-state index contributed by atoms with van der Waals surface area (Å²) in [6.07, 6.45) is 6.37. The molecule has 0 unspecified atom stereocenters. The lowest BCUT2D eigenvalue weighted by atomic mass is 10.1. The van der Waals surface area contributed by atoms with Crippen LogP contribution in [0.4, 0.5) is 0 Å². The van der Waals surface area contributed by atoms with Crippen LogP contribution >= 0.6 is 15.9 Å². The molecule has 1 aromatic heterocycles. The summed E-state index contributed by atoms with van der Waals surface area (Å²) in [7, 11) is 0. The summed E-state index contributed by atoms with van der Waals surface area (Å²) < 4.78 is 3.08. The molecule has 0 aliphatic carbocycles. The Balaban J connectivity index is 2.46. The number of aromatic nitrogens is 2. The van der Waals surface area contributed by atoms with Crippen LogP contribution in [0.2, 0.25) is 0 Å². The summed E-state index contributed by atoms with van der Waals surface area (Å²) in [6, 6.07) is 6.19. The van der Waals surface area contributed by atoms with Gasteiger partial charge in [-0.2, -0.15) is 0 Å². The van der Waals surface area contributed by atoms with Crippen LogP contribution < -0.4 is 5.73 Å². The highest BCUT2D eigenvalue weighted by Crippen LogP contribution is 2.20. The number of benzene rings is 1. The number of hydrogen-bond acceptors (Lipinski definition) is 2. The largest absolute Gasteiger partial charge is 0.330 e. The van der Waals surface area contributed by atoms with Crippen molar-refractivity contribution in [3.8, 4) is 5.69 Å². The van der Waals surface area contributed by atoms with Crippen molar-refractivity contribution in [2.24, 2.45) is 5.73 Å². The van der Waals surface area contributed by atoms with E-state index in [1.807, 2.05) is 16.8 Å². The fraction of sp³-hybridized carbons (Fsp3) is 0.182. The molecule has 2 rings (SSSR count). The second-order valence-corrected chi connectivity index (χ2v) is 4.20. The summed E-state index contributed by atoms with van der Waals surface area (Å²) in [4.78, 5) is 4.04.